The molecular formula is C18H21FN4O2. The maximum Gasteiger partial charge on any atom is 0.214 e. The lowest BCUT2D eigenvalue weighted by molar-refractivity contribution is -0.106. The lowest BCUT2D eigenvalue weighted by atomic mass is 10.0. The molecule has 0 aliphatic carbocycles. The van der Waals surface area contributed by atoms with Crippen LogP contribution in [0.1, 0.15) is 25.5 Å². The Bertz CT molecular complexity index is 848. The van der Waals surface area contributed by atoms with Crippen molar-refractivity contribution >= 4 is 17.3 Å². The van der Waals surface area contributed by atoms with Crippen LogP contribution in [0.4, 0.5) is 4.39 Å². The number of nitrogens with two attached hydrogens (primary N) is 1. The summed E-state index contributed by atoms with van der Waals surface area (Å²) in [7, 11) is 0. The third kappa shape index (κ3) is 4.32. The zero-order valence-corrected chi connectivity index (χ0v) is 14.3. The molecular weight excluding hydrogens is 323 g/mol. The Morgan fingerprint density at radius 2 is 2.12 bits per heavy atom. The number of pyridine rings is 1. The van der Waals surface area contributed by atoms with Crippen LogP contribution in [0.15, 0.2) is 30.5 Å². The molecule has 7 heteroatoms. The number of aromatic nitrogens is 3. The van der Waals surface area contributed by atoms with E-state index < -0.39 is 0 Å². The summed E-state index contributed by atoms with van der Waals surface area (Å²) in [6.45, 7) is 4.61. The van der Waals surface area contributed by atoms with E-state index in [1.54, 1.807) is 12.3 Å². The quantitative estimate of drug-likeness (QED) is 0.548. The van der Waals surface area contributed by atoms with Gasteiger partial charge in [0, 0.05) is 22.7 Å². The van der Waals surface area contributed by atoms with Crippen molar-refractivity contribution in [2.45, 2.75) is 26.7 Å². The first-order valence-electron chi connectivity index (χ1n) is 8.00. The molecule has 3 N–H and O–H groups in total. The van der Waals surface area contributed by atoms with Gasteiger partial charge < -0.3 is 10.5 Å². The second-order valence-electron chi connectivity index (χ2n) is 5.39. The lowest BCUT2D eigenvalue weighted by Gasteiger charge is -2.11. The summed E-state index contributed by atoms with van der Waals surface area (Å²) >= 11 is 0. The summed E-state index contributed by atoms with van der Waals surface area (Å²) in [6.07, 6.45) is 3.97. The molecule has 3 rings (SSSR count). The van der Waals surface area contributed by atoms with Crippen molar-refractivity contribution in [1.29, 1.82) is 0 Å². The molecule has 0 saturated carbocycles. The van der Waals surface area contributed by atoms with Gasteiger partial charge in [-0.1, -0.05) is 25.5 Å². The van der Waals surface area contributed by atoms with Crippen LogP contribution in [-0.4, -0.2) is 28.2 Å². The van der Waals surface area contributed by atoms with E-state index in [1.807, 2.05) is 19.1 Å². The van der Waals surface area contributed by atoms with Gasteiger partial charge in [0.25, 0.3) is 0 Å². The highest BCUT2D eigenvalue weighted by molar-refractivity contribution is 5.95. The standard InChI is InChI=1S/C17H18FN3O.CH3NO/c1-3-4-8-22-16-9-13(14-10-19-21-11(14)2)12-6-5-7-15(18)17(12)20-16;2-1-3/h5-7,9-10H,3-4,8H2,1-2H3,(H,19,21);1H,(H2,2,3). The number of carbonyl (C=O) groups is 1. The van der Waals surface area contributed by atoms with Crippen LogP contribution in [0.2, 0.25) is 0 Å². The number of unbranched alkanes of at least 4 members (excludes halogenated alkanes) is 1. The van der Waals surface area contributed by atoms with Crippen LogP contribution in [0.25, 0.3) is 22.0 Å². The molecule has 0 spiro atoms. The van der Waals surface area contributed by atoms with E-state index in [2.05, 4.69) is 27.8 Å². The maximum absolute atomic E-state index is 14.1. The fourth-order valence-electron chi connectivity index (χ4n) is 2.43. The van der Waals surface area contributed by atoms with Gasteiger partial charge in [-0.3, -0.25) is 9.89 Å². The monoisotopic (exact) mass is 344 g/mol. The molecule has 0 unspecified atom stereocenters. The first-order valence-corrected chi connectivity index (χ1v) is 8.00. The van der Waals surface area contributed by atoms with E-state index >= 15 is 0 Å². The summed E-state index contributed by atoms with van der Waals surface area (Å²) in [6, 6.07) is 6.82. The molecule has 1 amide bonds. The number of hydrogen-bond acceptors (Lipinski definition) is 4. The van der Waals surface area contributed by atoms with E-state index in [1.165, 1.54) is 6.07 Å². The average molecular weight is 344 g/mol. The number of fused-ring (bicyclic) bond motifs is 1. The van der Waals surface area contributed by atoms with Gasteiger partial charge in [-0.25, -0.2) is 9.37 Å². The largest absolute Gasteiger partial charge is 0.478 e. The Morgan fingerprint density at radius 1 is 1.36 bits per heavy atom. The van der Waals surface area contributed by atoms with Gasteiger partial charge in [0.15, 0.2) is 0 Å². The Kier molecular flexibility index (Phi) is 6.45. The highest BCUT2D eigenvalue weighted by Crippen LogP contribution is 2.33. The minimum absolute atomic E-state index is 0.250. The topological polar surface area (TPSA) is 93.9 Å². The van der Waals surface area contributed by atoms with Crippen molar-refractivity contribution in [3.05, 3.63) is 42.0 Å². The highest BCUT2D eigenvalue weighted by atomic mass is 19.1. The van der Waals surface area contributed by atoms with E-state index in [0.29, 0.717) is 18.0 Å². The van der Waals surface area contributed by atoms with Crippen molar-refractivity contribution < 1.29 is 13.9 Å². The molecule has 2 aromatic heterocycles. The van der Waals surface area contributed by atoms with Gasteiger partial charge in [-0.05, 0) is 25.0 Å². The zero-order chi connectivity index (χ0) is 18.2. The first kappa shape index (κ1) is 18.4. The van der Waals surface area contributed by atoms with Crippen molar-refractivity contribution in [1.82, 2.24) is 15.2 Å². The minimum Gasteiger partial charge on any atom is -0.478 e. The minimum atomic E-state index is -0.346. The maximum atomic E-state index is 14.1. The number of halogens is 1. The molecule has 25 heavy (non-hydrogen) atoms. The molecule has 2 heterocycles. The molecule has 6 nitrogen and oxygen atoms in total. The number of benzene rings is 1. The molecule has 0 saturated heterocycles. The number of H-pyrrole nitrogens is 1. The highest BCUT2D eigenvalue weighted by Gasteiger charge is 2.14. The summed E-state index contributed by atoms with van der Waals surface area (Å²) in [5.74, 6) is 0.0995. The number of rotatable bonds is 5. The van der Waals surface area contributed by atoms with Crippen LogP contribution in [0, 0.1) is 12.7 Å². The van der Waals surface area contributed by atoms with Gasteiger partial charge in [0.1, 0.15) is 11.3 Å². The smallest absolute Gasteiger partial charge is 0.214 e. The first-order chi connectivity index (χ1) is 12.1. The molecule has 132 valence electrons. The Hall–Kier alpha value is -2.96. The summed E-state index contributed by atoms with van der Waals surface area (Å²) in [4.78, 5) is 12.9. The molecule has 0 aliphatic heterocycles. The molecule has 0 bridgehead atoms. The van der Waals surface area contributed by atoms with Gasteiger partial charge in [0.05, 0.1) is 12.8 Å². The summed E-state index contributed by atoms with van der Waals surface area (Å²) in [5.41, 5.74) is 7.23. The van der Waals surface area contributed by atoms with Crippen LogP contribution in [0.3, 0.4) is 0 Å². The summed E-state index contributed by atoms with van der Waals surface area (Å²) < 4.78 is 19.8. The average Bonchev–Trinajstić information content (AvgIpc) is 3.02. The second-order valence-corrected chi connectivity index (χ2v) is 5.39. The van der Waals surface area contributed by atoms with Crippen molar-refractivity contribution in [3.8, 4) is 17.0 Å². The predicted molar refractivity (Wildman–Crippen MR) is 94.7 cm³/mol. The van der Waals surface area contributed by atoms with E-state index in [4.69, 9.17) is 9.53 Å². The number of nitrogens with one attached hydrogen (secondary N) is 1. The Labute approximate surface area is 145 Å². The SMILES string of the molecule is CCCCOc1cc(-c2cn[nH]c2C)c2cccc(F)c2n1.NC=O. The third-order valence-corrected chi connectivity index (χ3v) is 3.63. The number of aryl methyl sites for hydroxylation is 1. The number of hydrogen-bond donors (Lipinski definition) is 2. The number of nitrogens with zero attached hydrogens (tertiary/aromatic N) is 2. The van der Waals surface area contributed by atoms with Gasteiger partial charge in [-0.15, -0.1) is 0 Å². The third-order valence-electron chi connectivity index (χ3n) is 3.63. The molecule has 1 aromatic carbocycles. The second kappa shape index (κ2) is 8.77. The van der Waals surface area contributed by atoms with Crippen LogP contribution < -0.4 is 10.5 Å². The number of para-hydroxylation sites is 1. The normalized spacial score (nSPS) is 10.2. The van der Waals surface area contributed by atoms with Crippen molar-refractivity contribution in [3.63, 3.8) is 0 Å². The number of aromatic amines is 1. The fraction of sp³-hybridized carbons (Fsp3) is 0.278. The van der Waals surface area contributed by atoms with Gasteiger partial charge >= 0.3 is 0 Å². The van der Waals surface area contributed by atoms with E-state index in [-0.39, 0.29) is 12.2 Å². The predicted octanol–water partition coefficient (Wildman–Crippen LogP) is 3.35. The number of carbonyl (C=O) groups excluding carboxylic acids is 1. The van der Waals surface area contributed by atoms with E-state index in [9.17, 15) is 4.39 Å². The molecule has 3 aromatic rings. The zero-order valence-electron chi connectivity index (χ0n) is 14.3. The Morgan fingerprint density at radius 3 is 2.76 bits per heavy atom. The molecule has 0 fully saturated rings. The number of primary amides is 1. The summed E-state index contributed by atoms with van der Waals surface area (Å²) in [5, 5.41) is 7.72. The van der Waals surface area contributed by atoms with Gasteiger partial charge in [-0.2, -0.15) is 5.10 Å². The number of amides is 1. The lowest BCUT2D eigenvalue weighted by Crippen LogP contribution is -2.00. The fourth-order valence-corrected chi connectivity index (χ4v) is 2.43. The van der Waals surface area contributed by atoms with Crippen molar-refractivity contribution in [2.24, 2.45) is 5.73 Å². The van der Waals surface area contributed by atoms with Crippen molar-refractivity contribution in [2.75, 3.05) is 6.61 Å². The Balaban J connectivity index is 0.000000701. The van der Waals surface area contributed by atoms with Crippen LogP contribution >= 0.6 is 0 Å². The van der Waals surface area contributed by atoms with Gasteiger partial charge in [0.2, 0.25) is 12.3 Å². The molecule has 0 aliphatic rings. The number of ether oxygens (including phenoxy) is 1. The molecule has 0 radical (unpaired) electrons. The molecule has 0 atom stereocenters. The van der Waals surface area contributed by atoms with E-state index in [0.717, 1.165) is 35.0 Å². The van der Waals surface area contributed by atoms with Crippen LogP contribution in [-0.2, 0) is 4.79 Å². The van der Waals surface area contributed by atoms with Crippen LogP contribution in [0.5, 0.6) is 5.88 Å².